The van der Waals surface area contributed by atoms with Gasteiger partial charge in [0.1, 0.15) is 17.0 Å². The van der Waals surface area contributed by atoms with Gasteiger partial charge >= 0.3 is 0 Å². The van der Waals surface area contributed by atoms with E-state index in [4.69, 9.17) is 4.74 Å². The zero-order valence-corrected chi connectivity index (χ0v) is 18.6. The molecule has 0 spiro atoms. The fourth-order valence-corrected chi connectivity index (χ4v) is 5.12. The molecule has 5 rings (SSSR count). The van der Waals surface area contributed by atoms with E-state index in [-0.39, 0.29) is 17.9 Å². The topological polar surface area (TPSA) is 63.6 Å². The number of nitrogens with zero attached hydrogens (tertiary/aromatic N) is 2. The van der Waals surface area contributed by atoms with Gasteiger partial charge in [0.05, 0.1) is 13.2 Å². The Labute approximate surface area is 188 Å². The lowest BCUT2D eigenvalue weighted by Gasteiger charge is -2.44. The van der Waals surface area contributed by atoms with Gasteiger partial charge < -0.3 is 14.6 Å². The maximum Gasteiger partial charge on any atom is 0.275 e. The third kappa shape index (κ3) is 3.34. The summed E-state index contributed by atoms with van der Waals surface area (Å²) in [6, 6.07) is 17.5. The third-order valence-corrected chi connectivity index (χ3v) is 6.78. The summed E-state index contributed by atoms with van der Waals surface area (Å²) < 4.78 is 7.57. The van der Waals surface area contributed by atoms with E-state index in [0.29, 0.717) is 24.5 Å². The first-order valence-corrected chi connectivity index (χ1v) is 11.5. The summed E-state index contributed by atoms with van der Waals surface area (Å²) in [5.74, 6) is 0.475. The van der Waals surface area contributed by atoms with E-state index >= 15 is 0 Å². The van der Waals surface area contributed by atoms with E-state index in [0.717, 1.165) is 42.3 Å². The molecule has 2 aromatic carbocycles. The van der Waals surface area contributed by atoms with Crippen molar-refractivity contribution in [2.75, 3.05) is 11.5 Å². The average molecular weight is 432 g/mol. The van der Waals surface area contributed by atoms with Gasteiger partial charge in [0, 0.05) is 22.6 Å². The fourth-order valence-electron chi connectivity index (χ4n) is 5.12. The lowest BCUT2D eigenvalue weighted by Crippen LogP contribution is -2.65. The SMILES string of the molecule is CCOc1ccc(N2C(=O)c3cc4ccccc4n3C[C@@]2(C)C(=O)NC2CCCC2)cc1. The average Bonchev–Trinajstić information content (AvgIpc) is 3.43. The summed E-state index contributed by atoms with van der Waals surface area (Å²) in [5.41, 5.74) is 1.22. The first-order valence-electron chi connectivity index (χ1n) is 11.5. The third-order valence-electron chi connectivity index (χ3n) is 6.78. The molecule has 0 saturated heterocycles. The van der Waals surface area contributed by atoms with E-state index in [1.807, 2.05) is 73.0 Å². The Hall–Kier alpha value is -3.28. The second-order valence-electron chi connectivity index (χ2n) is 8.97. The molecular weight excluding hydrogens is 402 g/mol. The number of anilines is 1. The molecule has 0 radical (unpaired) electrons. The molecular formula is C26H29N3O3. The Morgan fingerprint density at radius 3 is 2.56 bits per heavy atom. The molecule has 1 N–H and O–H groups in total. The van der Waals surface area contributed by atoms with Crippen molar-refractivity contribution in [3.8, 4) is 5.75 Å². The molecule has 1 saturated carbocycles. The van der Waals surface area contributed by atoms with Crippen LogP contribution in [0.15, 0.2) is 54.6 Å². The van der Waals surface area contributed by atoms with Gasteiger partial charge in [0.15, 0.2) is 0 Å². The number of rotatable bonds is 5. The molecule has 6 nitrogen and oxygen atoms in total. The minimum atomic E-state index is -1.05. The molecule has 1 aliphatic heterocycles. The number of ether oxygens (including phenoxy) is 1. The van der Waals surface area contributed by atoms with Crippen molar-refractivity contribution in [2.24, 2.45) is 0 Å². The van der Waals surface area contributed by atoms with Crippen LogP contribution in [0.1, 0.15) is 50.0 Å². The highest BCUT2D eigenvalue weighted by Crippen LogP contribution is 2.36. The quantitative estimate of drug-likeness (QED) is 0.646. The van der Waals surface area contributed by atoms with Crippen molar-refractivity contribution in [1.29, 1.82) is 0 Å². The lowest BCUT2D eigenvalue weighted by molar-refractivity contribution is -0.127. The van der Waals surface area contributed by atoms with Crippen molar-refractivity contribution in [3.63, 3.8) is 0 Å². The number of fused-ring (bicyclic) bond motifs is 3. The molecule has 1 aromatic heterocycles. The number of aromatic nitrogens is 1. The Balaban J connectivity index is 1.60. The van der Waals surface area contributed by atoms with Crippen LogP contribution in [0, 0.1) is 0 Å². The van der Waals surface area contributed by atoms with E-state index in [9.17, 15) is 9.59 Å². The van der Waals surface area contributed by atoms with Gasteiger partial charge in [-0.1, -0.05) is 31.0 Å². The predicted octanol–water partition coefficient (Wildman–Crippen LogP) is 4.52. The van der Waals surface area contributed by atoms with Gasteiger partial charge in [-0.05, 0) is 63.1 Å². The van der Waals surface area contributed by atoms with Crippen LogP contribution < -0.4 is 15.0 Å². The first kappa shape index (κ1) is 20.6. The van der Waals surface area contributed by atoms with Gasteiger partial charge in [-0.3, -0.25) is 14.5 Å². The molecule has 3 aromatic rings. The summed E-state index contributed by atoms with van der Waals surface area (Å²) >= 11 is 0. The molecule has 2 amide bonds. The molecule has 166 valence electrons. The van der Waals surface area contributed by atoms with Crippen LogP contribution in [0.2, 0.25) is 0 Å². The van der Waals surface area contributed by atoms with E-state index in [1.165, 1.54) is 0 Å². The number of hydrogen-bond donors (Lipinski definition) is 1. The number of hydrogen-bond acceptors (Lipinski definition) is 3. The van der Waals surface area contributed by atoms with Gasteiger partial charge in [-0.15, -0.1) is 0 Å². The van der Waals surface area contributed by atoms with Crippen LogP contribution in [0.4, 0.5) is 5.69 Å². The van der Waals surface area contributed by atoms with Crippen LogP contribution in [0.3, 0.4) is 0 Å². The first-order chi connectivity index (χ1) is 15.5. The predicted molar refractivity (Wildman–Crippen MR) is 125 cm³/mol. The van der Waals surface area contributed by atoms with Crippen LogP contribution in [-0.2, 0) is 11.3 Å². The minimum absolute atomic E-state index is 0.102. The Morgan fingerprint density at radius 1 is 1.12 bits per heavy atom. The van der Waals surface area contributed by atoms with E-state index in [2.05, 4.69) is 5.32 Å². The summed E-state index contributed by atoms with van der Waals surface area (Å²) in [6.45, 7) is 4.78. The van der Waals surface area contributed by atoms with Gasteiger partial charge in [0.2, 0.25) is 5.91 Å². The van der Waals surface area contributed by atoms with Crippen LogP contribution >= 0.6 is 0 Å². The normalized spacial score (nSPS) is 21.1. The number of amides is 2. The lowest BCUT2D eigenvalue weighted by atomic mass is 9.93. The molecule has 1 atom stereocenters. The Bertz CT molecular complexity index is 1160. The van der Waals surface area contributed by atoms with Gasteiger partial charge in [-0.25, -0.2) is 0 Å². The molecule has 2 heterocycles. The van der Waals surface area contributed by atoms with Crippen molar-refractivity contribution >= 4 is 28.4 Å². The molecule has 0 bridgehead atoms. The fraction of sp³-hybridized carbons (Fsp3) is 0.385. The Morgan fingerprint density at radius 2 is 1.84 bits per heavy atom. The summed E-state index contributed by atoms with van der Waals surface area (Å²) in [7, 11) is 0. The minimum Gasteiger partial charge on any atom is -0.494 e. The molecule has 1 fully saturated rings. The molecule has 6 heteroatoms. The van der Waals surface area contributed by atoms with Crippen molar-refractivity contribution in [1.82, 2.24) is 9.88 Å². The number of carbonyl (C=O) groups is 2. The summed E-state index contributed by atoms with van der Waals surface area (Å²) in [5, 5.41) is 4.24. The summed E-state index contributed by atoms with van der Waals surface area (Å²) in [4.78, 5) is 29.2. The molecule has 1 aliphatic carbocycles. The number of nitrogens with one attached hydrogen (secondary N) is 1. The largest absolute Gasteiger partial charge is 0.494 e. The zero-order chi connectivity index (χ0) is 22.3. The number of benzene rings is 2. The molecule has 32 heavy (non-hydrogen) atoms. The second-order valence-corrected chi connectivity index (χ2v) is 8.97. The standard InChI is InChI=1S/C26H29N3O3/c1-3-32-21-14-12-20(13-15-21)29-24(30)23-16-18-8-4-7-11-22(18)28(23)17-26(29,2)25(31)27-19-9-5-6-10-19/h4,7-8,11-16,19H,3,5-6,9-10,17H2,1-2H3,(H,27,31)/t26-/m0/s1. The second kappa shape index (κ2) is 8.01. The van der Waals surface area contributed by atoms with E-state index in [1.54, 1.807) is 4.90 Å². The monoisotopic (exact) mass is 431 g/mol. The highest BCUT2D eigenvalue weighted by Gasteiger charge is 2.49. The van der Waals surface area contributed by atoms with Crippen LogP contribution in [-0.4, -0.2) is 34.6 Å². The molecule has 2 aliphatic rings. The highest BCUT2D eigenvalue weighted by atomic mass is 16.5. The van der Waals surface area contributed by atoms with Crippen LogP contribution in [0.25, 0.3) is 10.9 Å². The maximum absolute atomic E-state index is 13.8. The van der Waals surface area contributed by atoms with Crippen molar-refractivity contribution < 1.29 is 14.3 Å². The number of para-hydroxylation sites is 1. The van der Waals surface area contributed by atoms with E-state index < -0.39 is 5.54 Å². The van der Waals surface area contributed by atoms with Gasteiger partial charge in [-0.2, -0.15) is 0 Å². The van der Waals surface area contributed by atoms with Crippen molar-refractivity contribution in [2.45, 2.75) is 57.7 Å². The number of carbonyl (C=O) groups excluding carboxylic acids is 2. The highest BCUT2D eigenvalue weighted by molar-refractivity contribution is 6.14. The Kier molecular flexibility index (Phi) is 5.16. The molecule has 0 unspecified atom stereocenters. The maximum atomic E-state index is 13.8. The van der Waals surface area contributed by atoms with Gasteiger partial charge in [0.25, 0.3) is 5.91 Å². The zero-order valence-electron chi connectivity index (χ0n) is 18.6. The smallest absolute Gasteiger partial charge is 0.275 e. The van der Waals surface area contributed by atoms with Crippen LogP contribution in [0.5, 0.6) is 5.75 Å². The van der Waals surface area contributed by atoms with Crippen molar-refractivity contribution in [3.05, 3.63) is 60.3 Å². The summed E-state index contributed by atoms with van der Waals surface area (Å²) in [6.07, 6.45) is 4.26.